The Morgan fingerprint density at radius 1 is 1.45 bits per heavy atom. The Morgan fingerprint density at radius 3 is 2.85 bits per heavy atom. The van der Waals surface area contributed by atoms with E-state index in [2.05, 4.69) is 9.71 Å². The normalized spacial score (nSPS) is 26.8. The lowest BCUT2D eigenvalue weighted by Gasteiger charge is -2.18. The lowest BCUT2D eigenvalue weighted by molar-refractivity contribution is 0.0687. The Hall–Kier alpha value is -1.03. The van der Waals surface area contributed by atoms with E-state index in [1.165, 1.54) is 5.51 Å². The van der Waals surface area contributed by atoms with Crippen molar-refractivity contribution in [2.24, 2.45) is 5.92 Å². The molecule has 0 spiro atoms. The zero-order chi connectivity index (χ0) is 14.3. The van der Waals surface area contributed by atoms with Gasteiger partial charge in [-0.1, -0.05) is 0 Å². The van der Waals surface area contributed by atoms with Crippen molar-refractivity contribution in [2.45, 2.75) is 35.6 Å². The van der Waals surface area contributed by atoms with E-state index in [4.69, 9.17) is 9.84 Å². The quantitative estimate of drug-likeness (QED) is 0.827. The first-order chi connectivity index (χ1) is 9.49. The molecular formula is C11H14N2O5S2. The van der Waals surface area contributed by atoms with Gasteiger partial charge in [-0.25, -0.2) is 22.9 Å². The lowest BCUT2D eigenvalue weighted by Crippen LogP contribution is -2.41. The number of rotatable bonds is 5. The van der Waals surface area contributed by atoms with Crippen molar-refractivity contribution in [3.05, 3.63) is 11.2 Å². The summed E-state index contributed by atoms with van der Waals surface area (Å²) in [6.45, 7) is 0.531. The Kier molecular flexibility index (Phi) is 3.53. The molecule has 2 aliphatic rings. The third-order valence-electron chi connectivity index (χ3n) is 3.51. The first kappa shape index (κ1) is 13.9. The molecule has 20 heavy (non-hydrogen) atoms. The zero-order valence-corrected chi connectivity index (χ0v) is 12.1. The number of carboxylic acid groups (broad SMARTS) is 1. The maximum absolute atomic E-state index is 12.3. The summed E-state index contributed by atoms with van der Waals surface area (Å²) in [4.78, 5) is 14.6. The molecule has 1 saturated heterocycles. The van der Waals surface area contributed by atoms with Gasteiger partial charge in [-0.15, -0.1) is 11.3 Å². The number of hydrogen-bond donors (Lipinski definition) is 2. The minimum Gasteiger partial charge on any atom is -0.476 e. The van der Waals surface area contributed by atoms with E-state index in [1.807, 2.05) is 0 Å². The second-order valence-electron chi connectivity index (χ2n) is 4.98. The highest BCUT2D eigenvalue weighted by molar-refractivity contribution is 7.91. The molecule has 0 radical (unpaired) electrons. The fourth-order valence-electron chi connectivity index (χ4n) is 2.45. The van der Waals surface area contributed by atoms with Gasteiger partial charge < -0.3 is 9.84 Å². The van der Waals surface area contributed by atoms with Crippen LogP contribution in [0.3, 0.4) is 0 Å². The summed E-state index contributed by atoms with van der Waals surface area (Å²) in [7, 11) is -3.87. The van der Waals surface area contributed by atoms with Crippen LogP contribution in [0.2, 0.25) is 0 Å². The van der Waals surface area contributed by atoms with E-state index in [0.717, 1.165) is 24.2 Å². The molecule has 1 aliphatic heterocycles. The number of nitrogens with one attached hydrogen (secondary N) is 1. The number of carboxylic acids is 1. The van der Waals surface area contributed by atoms with Gasteiger partial charge in [0.2, 0.25) is 0 Å². The van der Waals surface area contributed by atoms with E-state index >= 15 is 0 Å². The van der Waals surface area contributed by atoms with Crippen LogP contribution < -0.4 is 4.72 Å². The number of hydrogen-bond acceptors (Lipinski definition) is 6. The number of ether oxygens (including phenoxy) is 1. The number of sulfonamides is 1. The molecule has 2 fully saturated rings. The van der Waals surface area contributed by atoms with Crippen LogP contribution in [-0.4, -0.2) is 43.2 Å². The van der Waals surface area contributed by atoms with Crippen LogP contribution in [0.15, 0.2) is 9.72 Å². The molecule has 1 aromatic heterocycles. The molecule has 2 atom stereocenters. The van der Waals surface area contributed by atoms with Crippen molar-refractivity contribution in [1.82, 2.24) is 9.71 Å². The summed E-state index contributed by atoms with van der Waals surface area (Å²) in [5.41, 5.74) is 0.797. The molecule has 7 nitrogen and oxygen atoms in total. The predicted molar refractivity (Wildman–Crippen MR) is 70.3 cm³/mol. The molecule has 9 heteroatoms. The minimum atomic E-state index is -3.87. The fraction of sp³-hybridized carbons (Fsp3) is 0.636. The van der Waals surface area contributed by atoms with Crippen LogP contribution in [0.5, 0.6) is 0 Å². The molecule has 2 unspecified atom stereocenters. The molecule has 1 saturated carbocycles. The Labute approximate surface area is 120 Å². The molecule has 0 bridgehead atoms. The van der Waals surface area contributed by atoms with E-state index < -0.39 is 21.7 Å². The van der Waals surface area contributed by atoms with Crippen LogP contribution in [-0.2, 0) is 14.8 Å². The topological polar surface area (TPSA) is 106 Å². The molecule has 110 valence electrons. The molecule has 2 heterocycles. The van der Waals surface area contributed by atoms with E-state index in [1.54, 1.807) is 0 Å². The van der Waals surface area contributed by atoms with Crippen molar-refractivity contribution in [2.75, 3.05) is 6.61 Å². The molecule has 1 aliphatic carbocycles. The molecule has 0 amide bonds. The monoisotopic (exact) mass is 318 g/mol. The van der Waals surface area contributed by atoms with Crippen LogP contribution in [0.4, 0.5) is 0 Å². The van der Waals surface area contributed by atoms with Gasteiger partial charge in [-0.2, -0.15) is 0 Å². The highest BCUT2D eigenvalue weighted by atomic mass is 32.2. The Morgan fingerprint density at radius 2 is 2.20 bits per heavy atom. The number of nitrogens with zero attached hydrogens (tertiary/aromatic N) is 1. The predicted octanol–water partition coefficient (Wildman–Crippen LogP) is 0.687. The van der Waals surface area contributed by atoms with Crippen LogP contribution in [0.1, 0.15) is 29.8 Å². The van der Waals surface area contributed by atoms with Crippen molar-refractivity contribution in [3.8, 4) is 0 Å². The zero-order valence-electron chi connectivity index (χ0n) is 10.5. The average molecular weight is 318 g/mol. The van der Waals surface area contributed by atoms with Crippen LogP contribution >= 0.6 is 11.3 Å². The average Bonchev–Trinajstić information content (AvgIpc) is 2.91. The van der Waals surface area contributed by atoms with Crippen molar-refractivity contribution in [1.29, 1.82) is 0 Å². The summed E-state index contributed by atoms with van der Waals surface area (Å²) >= 11 is 0.810. The smallest absolute Gasteiger partial charge is 0.356 e. The highest BCUT2D eigenvalue weighted by Gasteiger charge is 2.42. The number of carbonyl (C=O) groups is 1. The second-order valence-corrected chi connectivity index (χ2v) is 7.75. The summed E-state index contributed by atoms with van der Waals surface area (Å²) in [5, 5.41) is 8.96. The maximum atomic E-state index is 12.3. The first-order valence-electron chi connectivity index (χ1n) is 6.30. The number of aromatic nitrogens is 1. The second kappa shape index (κ2) is 5.06. The SMILES string of the molecule is O=C(O)c1ncsc1S(=O)(=O)NC1CCOC1C1CC1. The van der Waals surface area contributed by atoms with Crippen molar-refractivity contribution < 1.29 is 23.1 Å². The van der Waals surface area contributed by atoms with Gasteiger partial charge >= 0.3 is 5.97 Å². The van der Waals surface area contributed by atoms with Crippen LogP contribution in [0, 0.1) is 5.92 Å². The largest absolute Gasteiger partial charge is 0.476 e. The van der Waals surface area contributed by atoms with E-state index in [9.17, 15) is 13.2 Å². The third kappa shape index (κ3) is 2.58. The Bertz CT molecular complexity index is 623. The van der Waals surface area contributed by atoms with Gasteiger partial charge in [0.25, 0.3) is 10.0 Å². The summed E-state index contributed by atoms with van der Waals surface area (Å²) in [5.74, 6) is -0.918. The lowest BCUT2D eigenvalue weighted by atomic mass is 10.1. The van der Waals surface area contributed by atoms with Crippen molar-refractivity contribution in [3.63, 3.8) is 0 Å². The van der Waals surface area contributed by atoms with E-state index in [-0.39, 0.29) is 16.4 Å². The summed E-state index contributed by atoms with van der Waals surface area (Å²) in [6, 6.07) is -0.281. The summed E-state index contributed by atoms with van der Waals surface area (Å²) < 4.78 is 32.5. The fourth-order valence-corrected chi connectivity index (χ4v) is 4.89. The third-order valence-corrected chi connectivity index (χ3v) is 6.37. The standard InChI is InChI=1S/C11H14N2O5S2/c14-10(15)8-11(19-5-12-8)20(16,17)13-7-3-4-18-9(7)6-1-2-6/h5-7,9,13H,1-4H2,(H,14,15). The number of aromatic carboxylic acids is 1. The molecule has 3 rings (SSSR count). The summed E-state index contributed by atoms with van der Waals surface area (Å²) in [6.07, 6.45) is 2.64. The van der Waals surface area contributed by atoms with Crippen LogP contribution in [0.25, 0.3) is 0 Å². The molecular weight excluding hydrogens is 304 g/mol. The molecule has 0 aromatic carbocycles. The first-order valence-corrected chi connectivity index (χ1v) is 8.66. The van der Waals surface area contributed by atoms with Gasteiger partial charge in [0.05, 0.1) is 17.7 Å². The number of thiazole rings is 1. The van der Waals surface area contributed by atoms with Gasteiger partial charge in [0.1, 0.15) is 0 Å². The van der Waals surface area contributed by atoms with Gasteiger partial charge in [-0.3, -0.25) is 0 Å². The Balaban J connectivity index is 1.81. The van der Waals surface area contributed by atoms with E-state index in [0.29, 0.717) is 18.9 Å². The highest BCUT2D eigenvalue weighted by Crippen LogP contribution is 2.39. The molecule has 1 aromatic rings. The minimum absolute atomic E-state index is 0.0917. The maximum Gasteiger partial charge on any atom is 0.356 e. The van der Waals surface area contributed by atoms with Gasteiger partial charge in [0.15, 0.2) is 9.90 Å². The van der Waals surface area contributed by atoms with Gasteiger partial charge in [0, 0.05) is 6.61 Å². The van der Waals surface area contributed by atoms with Crippen molar-refractivity contribution >= 4 is 27.3 Å². The molecule has 2 N–H and O–H groups in total. The van der Waals surface area contributed by atoms with Gasteiger partial charge in [-0.05, 0) is 25.2 Å².